The number of phenolic OH excluding ortho intramolecular Hbond substituents is 1. The fourth-order valence-corrected chi connectivity index (χ4v) is 1.67. The number of aromatic hydroxyl groups is 1. The monoisotopic (exact) mass is 310 g/mol. The third-order valence-corrected chi connectivity index (χ3v) is 2.64. The molecule has 1 rings (SSSR count). The first kappa shape index (κ1) is 15.5. The molecule has 0 heterocycles. The zero-order chi connectivity index (χ0) is 11.4. The van der Waals surface area contributed by atoms with Crippen molar-refractivity contribution in [3.05, 3.63) is 22.2 Å². The number of halogens is 2. The molecule has 0 unspecified atom stereocenters. The molecule has 1 aromatic carbocycles. The van der Waals surface area contributed by atoms with Gasteiger partial charge in [0.25, 0.3) is 0 Å². The molecule has 0 radical (unpaired) electrons. The average Bonchev–Trinajstić information content (AvgIpc) is 2.23. The Morgan fingerprint density at radius 1 is 1.50 bits per heavy atom. The molecule has 0 aliphatic rings. The van der Waals surface area contributed by atoms with Crippen LogP contribution in [-0.4, -0.2) is 18.3 Å². The van der Waals surface area contributed by atoms with Crippen LogP contribution in [0.1, 0.15) is 18.5 Å². The zero-order valence-electron chi connectivity index (χ0n) is 8.94. The number of phenols is 1. The molecule has 0 bridgehead atoms. The second kappa shape index (κ2) is 6.96. The summed E-state index contributed by atoms with van der Waals surface area (Å²) in [5.74, 6) is 0.510. The molecule has 92 valence electrons. The minimum absolute atomic E-state index is 0. The molecule has 0 amide bonds. The van der Waals surface area contributed by atoms with Crippen molar-refractivity contribution in [2.75, 3.05) is 13.2 Å². The lowest BCUT2D eigenvalue weighted by Crippen LogP contribution is -2.20. The molecule has 0 aromatic heterocycles. The van der Waals surface area contributed by atoms with Gasteiger partial charge in [0.2, 0.25) is 0 Å². The highest BCUT2D eigenvalue weighted by atomic mass is 79.9. The van der Waals surface area contributed by atoms with Crippen molar-refractivity contribution in [3.8, 4) is 11.5 Å². The topological polar surface area (TPSA) is 81.5 Å². The van der Waals surface area contributed by atoms with E-state index in [9.17, 15) is 5.11 Å². The quantitative estimate of drug-likeness (QED) is 0.793. The molecular weight excluding hydrogens is 295 g/mol. The van der Waals surface area contributed by atoms with Gasteiger partial charge in [-0.1, -0.05) is 0 Å². The summed E-state index contributed by atoms with van der Waals surface area (Å²) in [5, 5.41) is 9.66. The van der Waals surface area contributed by atoms with E-state index in [2.05, 4.69) is 15.9 Å². The van der Waals surface area contributed by atoms with Gasteiger partial charge in [-0.3, -0.25) is 0 Å². The zero-order valence-corrected chi connectivity index (χ0v) is 11.3. The van der Waals surface area contributed by atoms with Gasteiger partial charge in [-0.25, -0.2) is 0 Å². The Balaban J connectivity index is 0.00000225. The van der Waals surface area contributed by atoms with Crippen molar-refractivity contribution in [2.24, 2.45) is 11.5 Å². The maximum absolute atomic E-state index is 9.66. The van der Waals surface area contributed by atoms with Gasteiger partial charge in [0.15, 0.2) is 11.5 Å². The fraction of sp³-hybridized carbons (Fsp3) is 0.400. The molecule has 5 N–H and O–H groups in total. The minimum atomic E-state index is -0.249. The lowest BCUT2D eigenvalue weighted by atomic mass is 10.1. The molecule has 1 aromatic rings. The Bertz CT molecular complexity index is 350. The SMILES string of the molecule is CCOc1cc([C@@H](N)CN)cc(Br)c1O.Cl. The van der Waals surface area contributed by atoms with Gasteiger partial charge in [-0.05, 0) is 40.5 Å². The van der Waals surface area contributed by atoms with Gasteiger partial charge in [-0.15, -0.1) is 12.4 Å². The molecule has 0 aliphatic heterocycles. The van der Waals surface area contributed by atoms with Crippen LogP contribution >= 0.6 is 28.3 Å². The van der Waals surface area contributed by atoms with Crippen LogP contribution in [0.15, 0.2) is 16.6 Å². The smallest absolute Gasteiger partial charge is 0.172 e. The summed E-state index contributed by atoms with van der Waals surface area (Å²) in [5.41, 5.74) is 12.1. The van der Waals surface area contributed by atoms with E-state index in [1.54, 1.807) is 12.1 Å². The van der Waals surface area contributed by atoms with Gasteiger partial charge in [0, 0.05) is 12.6 Å². The average molecular weight is 312 g/mol. The van der Waals surface area contributed by atoms with Crippen LogP contribution in [0.5, 0.6) is 11.5 Å². The van der Waals surface area contributed by atoms with Crippen LogP contribution in [0.25, 0.3) is 0 Å². The number of hydrogen-bond donors (Lipinski definition) is 3. The van der Waals surface area contributed by atoms with Gasteiger partial charge >= 0.3 is 0 Å². The molecular formula is C10H16BrClN2O2. The van der Waals surface area contributed by atoms with E-state index in [0.717, 1.165) is 5.56 Å². The van der Waals surface area contributed by atoms with E-state index in [-0.39, 0.29) is 24.2 Å². The molecule has 0 fully saturated rings. The Morgan fingerprint density at radius 3 is 2.62 bits per heavy atom. The molecule has 16 heavy (non-hydrogen) atoms. The fourth-order valence-electron chi connectivity index (χ4n) is 1.21. The van der Waals surface area contributed by atoms with E-state index >= 15 is 0 Å². The maximum atomic E-state index is 9.66. The molecule has 1 atom stereocenters. The Kier molecular flexibility index (Phi) is 6.74. The van der Waals surface area contributed by atoms with E-state index < -0.39 is 0 Å². The van der Waals surface area contributed by atoms with Crippen LogP contribution in [0.2, 0.25) is 0 Å². The summed E-state index contributed by atoms with van der Waals surface area (Å²) in [6.45, 7) is 2.69. The summed E-state index contributed by atoms with van der Waals surface area (Å²) in [4.78, 5) is 0. The van der Waals surface area contributed by atoms with Crippen LogP contribution < -0.4 is 16.2 Å². The van der Waals surface area contributed by atoms with E-state index in [1.165, 1.54) is 0 Å². The molecule has 4 nitrogen and oxygen atoms in total. The van der Waals surface area contributed by atoms with Gasteiger partial charge < -0.3 is 21.3 Å². The lowest BCUT2D eigenvalue weighted by molar-refractivity contribution is 0.316. The summed E-state index contributed by atoms with van der Waals surface area (Å²) in [7, 11) is 0. The largest absolute Gasteiger partial charge is 0.503 e. The Hall–Kier alpha value is -0.490. The van der Waals surface area contributed by atoms with Crippen LogP contribution in [0.4, 0.5) is 0 Å². The number of nitrogens with two attached hydrogens (primary N) is 2. The first-order valence-corrected chi connectivity index (χ1v) is 5.50. The Morgan fingerprint density at radius 2 is 2.12 bits per heavy atom. The Labute approximate surface area is 109 Å². The van der Waals surface area contributed by atoms with Crippen LogP contribution in [-0.2, 0) is 0 Å². The summed E-state index contributed by atoms with van der Waals surface area (Å²) < 4.78 is 5.84. The van der Waals surface area contributed by atoms with Gasteiger partial charge in [-0.2, -0.15) is 0 Å². The summed E-state index contributed by atoms with van der Waals surface area (Å²) in [6, 6.07) is 3.21. The van der Waals surface area contributed by atoms with E-state index in [1.807, 2.05) is 6.92 Å². The standard InChI is InChI=1S/C10H15BrN2O2.ClH/c1-2-15-9-4-6(8(13)5-12)3-7(11)10(9)14;/h3-4,8,14H,2,5,12-13H2,1H3;1H/t8-;/m0./s1. The normalized spacial score (nSPS) is 11.8. The number of hydrogen-bond acceptors (Lipinski definition) is 4. The number of benzene rings is 1. The first-order chi connectivity index (χ1) is 7.10. The van der Waals surface area contributed by atoms with Crippen LogP contribution in [0, 0.1) is 0 Å². The molecule has 0 saturated heterocycles. The molecule has 0 saturated carbocycles. The van der Waals surface area contributed by atoms with Crippen molar-refractivity contribution in [1.82, 2.24) is 0 Å². The maximum Gasteiger partial charge on any atom is 0.172 e. The van der Waals surface area contributed by atoms with Crippen molar-refractivity contribution in [2.45, 2.75) is 13.0 Å². The molecule has 0 aliphatic carbocycles. The van der Waals surface area contributed by atoms with Crippen molar-refractivity contribution < 1.29 is 9.84 Å². The lowest BCUT2D eigenvalue weighted by Gasteiger charge is -2.13. The van der Waals surface area contributed by atoms with Crippen molar-refractivity contribution in [3.63, 3.8) is 0 Å². The van der Waals surface area contributed by atoms with E-state index in [4.69, 9.17) is 16.2 Å². The number of rotatable bonds is 4. The first-order valence-electron chi connectivity index (χ1n) is 4.71. The van der Waals surface area contributed by atoms with Gasteiger partial charge in [0.1, 0.15) is 0 Å². The highest BCUT2D eigenvalue weighted by Gasteiger charge is 2.12. The van der Waals surface area contributed by atoms with E-state index in [0.29, 0.717) is 23.4 Å². The molecule has 0 spiro atoms. The summed E-state index contributed by atoms with van der Waals surface area (Å²) >= 11 is 3.24. The second-order valence-corrected chi connectivity index (χ2v) is 3.98. The van der Waals surface area contributed by atoms with Gasteiger partial charge in [0.05, 0.1) is 11.1 Å². The predicted octanol–water partition coefficient (Wildman–Crippen LogP) is 1.93. The van der Waals surface area contributed by atoms with Crippen molar-refractivity contribution in [1.29, 1.82) is 0 Å². The highest BCUT2D eigenvalue weighted by molar-refractivity contribution is 9.10. The number of ether oxygens (including phenoxy) is 1. The highest BCUT2D eigenvalue weighted by Crippen LogP contribution is 2.36. The molecule has 6 heteroatoms. The van der Waals surface area contributed by atoms with Crippen LogP contribution in [0.3, 0.4) is 0 Å². The predicted molar refractivity (Wildman–Crippen MR) is 70.2 cm³/mol. The third kappa shape index (κ3) is 3.52. The minimum Gasteiger partial charge on any atom is -0.503 e. The van der Waals surface area contributed by atoms with Crippen molar-refractivity contribution >= 4 is 28.3 Å². The third-order valence-electron chi connectivity index (χ3n) is 2.03. The second-order valence-electron chi connectivity index (χ2n) is 3.12. The summed E-state index contributed by atoms with van der Waals surface area (Å²) in [6.07, 6.45) is 0.